The Morgan fingerprint density at radius 3 is 2.26 bits per heavy atom. The van der Waals surface area contributed by atoms with E-state index in [0.717, 1.165) is 16.6 Å². The molecule has 1 aromatic heterocycles. The number of nitrogens with one attached hydrogen (secondary N) is 2. The maximum atomic E-state index is 12.2. The van der Waals surface area contributed by atoms with Gasteiger partial charge in [0.1, 0.15) is 0 Å². The van der Waals surface area contributed by atoms with Crippen molar-refractivity contribution in [2.75, 3.05) is 38.3 Å². The first-order chi connectivity index (χ1) is 18.5. The summed E-state index contributed by atoms with van der Waals surface area (Å²) in [5, 5.41) is 14.9. The van der Waals surface area contributed by atoms with Gasteiger partial charge < -0.3 is 29.8 Å². The Balaban J connectivity index is 1.84. The SMILES string of the molecule is CCOc1cc2[nH]c(O)c(C(=Nc3ccc(N(CCNC)C(C)=O)cc3)c3ccccc3)c2cc1OCC. The predicted molar refractivity (Wildman–Crippen MR) is 152 cm³/mol. The minimum Gasteiger partial charge on any atom is -0.494 e. The molecule has 8 nitrogen and oxygen atoms in total. The standard InChI is InChI=1S/C30H34N4O4/c1-5-37-26-18-24-25(19-27(26)38-6-2)33-30(36)28(24)29(21-10-8-7-9-11-21)32-22-12-14-23(15-13-22)34(20(3)35)17-16-31-4/h7-15,18-19,31,33,36H,5-6,16-17H2,1-4H3. The van der Waals surface area contributed by atoms with Crippen molar-refractivity contribution in [3.05, 3.63) is 77.9 Å². The van der Waals surface area contributed by atoms with Crippen molar-refractivity contribution in [3.8, 4) is 17.4 Å². The van der Waals surface area contributed by atoms with Crippen LogP contribution in [0.15, 0.2) is 71.7 Å². The molecule has 4 aromatic rings. The Labute approximate surface area is 222 Å². The van der Waals surface area contributed by atoms with Crippen LogP contribution >= 0.6 is 0 Å². The highest BCUT2D eigenvalue weighted by atomic mass is 16.5. The summed E-state index contributed by atoms with van der Waals surface area (Å²) in [7, 11) is 1.86. The molecule has 3 N–H and O–H groups in total. The second-order valence-corrected chi connectivity index (χ2v) is 8.68. The minimum absolute atomic E-state index is 0.00476. The number of rotatable bonds is 11. The number of amides is 1. The molecule has 1 amide bonds. The number of carbonyl (C=O) groups is 1. The van der Waals surface area contributed by atoms with Crippen LogP contribution in [-0.2, 0) is 4.79 Å². The molecule has 3 aromatic carbocycles. The lowest BCUT2D eigenvalue weighted by Crippen LogP contribution is -2.34. The number of hydrogen-bond donors (Lipinski definition) is 3. The number of ether oxygens (including phenoxy) is 2. The van der Waals surface area contributed by atoms with E-state index in [1.807, 2.05) is 87.6 Å². The van der Waals surface area contributed by atoms with Crippen LogP contribution in [0.1, 0.15) is 31.9 Å². The van der Waals surface area contributed by atoms with Gasteiger partial charge in [0.25, 0.3) is 0 Å². The first kappa shape index (κ1) is 26.8. The van der Waals surface area contributed by atoms with E-state index < -0.39 is 0 Å². The third-order valence-corrected chi connectivity index (χ3v) is 6.09. The third kappa shape index (κ3) is 5.81. The summed E-state index contributed by atoms with van der Waals surface area (Å²) < 4.78 is 11.6. The van der Waals surface area contributed by atoms with Crippen LogP contribution in [-0.4, -0.2) is 55.1 Å². The van der Waals surface area contributed by atoms with Crippen LogP contribution < -0.4 is 19.7 Å². The molecule has 0 radical (unpaired) electrons. The Morgan fingerprint density at radius 1 is 1.00 bits per heavy atom. The molecule has 0 aliphatic carbocycles. The summed E-state index contributed by atoms with van der Waals surface area (Å²) in [4.78, 5) is 21.9. The smallest absolute Gasteiger partial charge is 0.223 e. The molecular weight excluding hydrogens is 480 g/mol. The van der Waals surface area contributed by atoms with E-state index in [9.17, 15) is 9.90 Å². The second-order valence-electron chi connectivity index (χ2n) is 8.68. The molecule has 0 aliphatic heterocycles. The highest BCUT2D eigenvalue weighted by Gasteiger charge is 2.21. The highest BCUT2D eigenvalue weighted by molar-refractivity contribution is 6.22. The van der Waals surface area contributed by atoms with Crippen molar-refractivity contribution in [2.24, 2.45) is 4.99 Å². The fraction of sp³-hybridized carbons (Fsp3) is 0.267. The van der Waals surface area contributed by atoms with Gasteiger partial charge in [-0.1, -0.05) is 30.3 Å². The number of nitrogens with zero attached hydrogens (tertiary/aromatic N) is 2. The maximum absolute atomic E-state index is 12.2. The number of fused-ring (bicyclic) bond motifs is 1. The van der Waals surface area contributed by atoms with Crippen molar-refractivity contribution >= 4 is 33.9 Å². The lowest BCUT2D eigenvalue weighted by atomic mass is 10.0. The number of aromatic hydroxyl groups is 1. The van der Waals surface area contributed by atoms with Crippen molar-refractivity contribution in [3.63, 3.8) is 0 Å². The first-order valence-corrected chi connectivity index (χ1v) is 12.8. The number of H-pyrrole nitrogens is 1. The average molecular weight is 515 g/mol. The van der Waals surface area contributed by atoms with E-state index in [1.54, 1.807) is 11.8 Å². The summed E-state index contributed by atoms with van der Waals surface area (Å²) >= 11 is 0. The molecule has 0 saturated carbocycles. The first-order valence-electron chi connectivity index (χ1n) is 12.8. The van der Waals surface area contributed by atoms with Gasteiger partial charge >= 0.3 is 0 Å². The molecular formula is C30H34N4O4. The Kier molecular flexibility index (Phi) is 8.66. The summed E-state index contributed by atoms with van der Waals surface area (Å²) in [5.74, 6) is 1.19. The van der Waals surface area contributed by atoms with Crippen LogP contribution in [0.25, 0.3) is 10.9 Å². The van der Waals surface area contributed by atoms with Crippen molar-refractivity contribution in [1.29, 1.82) is 0 Å². The van der Waals surface area contributed by atoms with Gasteiger partial charge in [0, 0.05) is 42.7 Å². The number of carbonyl (C=O) groups excluding carboxylic acids is 1. The molecule has 198 valence electrons. The van der Waals surface area contributed by atoms with E-state index in [2.05, 4.69) is 10.3 Å². The summed E-state index contributed by atoms with van der Waals surface area (Å²) in [6.07, 6.45) is 0. The van der Waals surface area contributed by atoms with Crippen LogP contribution in [0.5, 0.6) is 17.4 Å². The summed E-state index contributed by atoms with van der Waals surface area (Å²) in [5.41, 5.74) is 4.22. The Morgan fingerprint density at radius 2 is 1.66 bits per heavy atom. The molecule has 0 bridgehead atoms. The van der Waals surface area contributed by atoms with E-state index in [4.69, 9.17) is 14.5 Å². The minimum atomic E-state index is -0.0262. The quantitative estimate of drug-likeness (QED) is 0.232. The van der Waals surface area contributed by atoms with E-state index in [1.165, 1.54) is 0 Å². The lowest BCUT2D eigenvalue weighted by molar-refractivity contribution is -0.116. The molecule has 0 saturated heterocycles. The van der Waals surface area contributed by atoms with E-state index >= 15 is 0 Å². The fourth-order valence-electron chi connectivity index (χ4n) is 4.35. The zero-order valence-electron chi connectivity index (χ0n) is 22.2. The van der Waals surface area contributed by atoms with Crippen molar-refractivity contribution in [2.45, 2.75) is 20.8 Å². The highest BCUT2D eigenvalue weighted by Crippen LogP contribution is 2.38. The van der Waals surface area contributed by atoms with E-state index in [0.29, 0.717) is 60.3 Å². The number of aliphatic imine (C=N–C) groups is 1. The fourth-order valence-corrected chi connectivity index (χ4v) is 4.35. The number of benzene rings is 3. The molecule has 0 atom stereocenters. The van der Waals surface area contributed by atoms with Gasteiger partial charge in [0.15, 0.2) is 17.4 Å². The molecule has 0 fully saturated rings. The molecule has 38 heavy (non-hydrogen) atoms. The Hall–Kier alpha value is -4.30. The molecule has 8 heteroatoms. The Bertz CT molecular complexity index is 1410. The molecule has 0 unspecified atom stereocenters. The lowest BCUT2D eigenvalue weighted by Gasteiger charge is -2.21. The van der Waals surface area contributed by atoms with Crippen LogP contribution in [0, 0.1) is 0 Å². The van der Waals surface area contributed by atoms with Crippen molar-refractivity contribution < 1.29 is 19.4 Å². The van der Waals surface area contributed by atoms with Gasteiger partial charge in [-0.25, -0.2) is 4.99 Å². The average Bonchev–Trinajstić information content (AvgIpc) is 3.23. The molecule has 4 rings (SSSR count). The van der Waals surface area contributed by atoms with Crippen molar-refractivity contribution in [1.82, 2.24) is 10.3 Å². The number of anilines is 1. The van der Waals surface area contributed by atoms with Crippen LogP contribution in [0.2, 0.25) is 0 Å². The zero-order chi connectivity index (χ0) is 27.1. The number of hydrogen-bond acceptors (Lipinski definition) is 6. The van der Waals surface area contributed by atoms with Gasteiger partial charge in [0.05, 0.1) is 35.7 Å². The molecule has 0 spiro atoms. The van der Waals surface area contributed by atoms with Gasteiger partial charge in [-0.2, -0.15) is 0 Å². The largest absolute Gasteiger partial charge is 0.494 e. The third-order valence-electron chi connectivity index (χ3n) is 6.09. The maximum Gasteiger partial charge on any atom is 0.223 e. The monoisotopic (exact) mass is 514 g/mol. The van der Waals surface area contributed by atoms with Crippen LogP contribution in [0.4, 0.5) is 11.4 Å². The summed E-state index contributed by atoms with van der Waals surface area (Å²) in [6, 6.07) is 21.0. The normalized spacial score (nSPS) is 11.5. The zero-order valence-corrected chi connectivity index (χ0v) is 22.2. The number of likely N-dealkylation sites (N-methyl/N-ethyl adjacent to an activating group) is 1. The van der Waals surface area contributed by atoms with Gasteiger partial charge in [-0.3, -0.25) is 4.79 Å². The van der Waals surface area contributed by atoms with Gasteiger partial charge in [0.2, 0.25) is 5.91 Å². The van der Waals surface area contributed by atoms with Crippen LogP contribution in [0.3, 0.4) is 0 Å². The predicted octanol–water partition coefficient (Wildman–Crippen LogP) is 5.41. The van der Waals surface area contributed by atoms with Gasteiger partial charge in [-0.15, -0.1) is 0 Å². The molecule has 1 heterocycles. The number of aromatic nitrogens is 1. The van der Waals surface area contributed by atoms with E-state index in [-0.39, 0.29) is 11.8 Å². The summed E-state index contributed by atoms with van der Waals surface area (Å²) in [6.45, 7) is 7.62. The second kappa shape index (κ2) is 12.3. The molecule has 0 aliphatic rings. The topological polar surface area (TPSA) is 99.2 Å². The van der Waals surface area contributed by atoms with Gasteiger partial charge in [-0.05, 0) is 51.2 Å². The number of aromatic amines is 1.